The first kappa shape index (κ1) is 24.7. The van der Waals surface area contributed by atoms with Gasteiger partial charge in [-0.15, -0.1) is 0 Å². The molecule has 0 aromatic rings. The third-order valence-corrected chi connectivity index (χ3v) is 9.77. The number of carbonyl (C=O) groups excluding carboxylic acids is 1. The van der Waals surface area contributed by atoms with Crippen LogP contribution >= 0.6 is 0 Å². The SMILES string of the molecule is C[C@]12CCCN(C(=O)C(F)(F)F)[C@H]1CC[C@@H]1[C@@H]2CC[C@]2(C)C(OS(=O)(=O)C(F)(F)F)=CC[C@@H]12. The quantitative estimate of drug-likeness (QED) is 0.297. The van der Waals surface area contributed by atoms with Gasteiger partial charge in [-0.25, -0.2) is 0 Å². The fraction of sp³-hybridized carbons (Fsp3) is 0.857. The summed E-state index contributed by atoms with van der Waals surface area (Å²) in [7, 11) is -5.78. The van der Waals surface area contributed by atoms with Gasteiger partial charge in [-0.2, -0.15) is 34.8 Å². The zero-order chi connectivity index (χ0) is 24.6. The lowest BCUT2D eigenvalue weighted by Crippen LogP contribution is -2.63. The number of likely N-dealkylation sites (tertiary alicyclic amines) is 1. The van der Waals surface area contributed by atoms with E-state index in [1.54, 1.807) is 6.92 Å². The molecular weight excluding hydrogens is 476 g/mol. The predicted molar refractivity (Wildman–Crippen MR) is 105 cm³/mol. The van der Waals surface area contributed by atoms with Crippen molar-refractivity contribution in [2.45, 2.75) is 76.5 Å². The third kappa shape index (κ3) is 3.74. The van der Waals surface area contributed by atoms with Crippen molar-refractivity contribution in [3.05, 3.63) is 11.8 Å². The van der Waals surface area contributed by atoms with Crippen LogP contribution in [-0.2, 0) is 19.1 Å². The van der Waals surface area contributed by atoms with Crippen LogP contribution in [0.3, 0.4) is 0 Å². The third-order valence-electron chi connectivity index (χ3n) is 8.81. The second kappa shape index (κ2) is 7.52. The number of hydrogen-bond acceptors (Lipinski definition) is 4. The molecule has 6 atom stereocenters. The minimum atomic E-state index is -5.78. The average molecular weight is 504 g/mol. The van der Waals surface area contributed by atoms with Gasteiger partial charge in [-0.1, -0.05) is 13.8 Å². The van der Waals surface area contributed by atoms with Crippen LogP contribution in [0.25, 0.3) is 0 Å². The van der Waals surface area contributed by atoms with Crippen molar-refractivity contribution in [2.75, 3.05) is 6.54 Å². The molecule has 0 unspecified atom stereocenters. The van der Waals surface area contributed by atoms with Crippen molar-refractivity contribution < 1.29 is 43.7 Å². The molecule has 1 saturated heterocycles. The molecule has 0 aromatic carbocycles. The molecule has 1 heterocycles. The van der Waals surface area contributed by atoms with Gasteiger partial charge in [0.2, 0.25) is 0 Å². The van der Waals surface area contributed by atoms with Gasteiger partial charge < -0.3 is 9.08 Å². The Morgan fingerprint density at radius 1 is 1.06 bits per heavy atom. The molecule has 5 nitrogen and oxygen atoms in total. The highest BCUT2D eigenvalue weighted by Crippen LogP contribution is 2.65. The zero-order valence-corrected chi connectivity index (χ0v) is 19.1. The summed E-state index contributed by atoms with van der Waals surface area (Å²) in [6, 6.07) is -0.540. The Kier molecular flexibility index (Phi) is 5.62. The van der Waals surface area contributed by atoms with Crippen molar-refractivity contribution in [1.82, 2.24) is 4.90 Å². The van der Waals surface area contributed by atoms with Crippen molar-refractivity contribution in [3.63, 3.8) is 0 Å². The van der Waals surface area contributed by atoms with Crippen molar-refractivity contribution in [3.8, 4) is 0 Å². The Balaban J connectivity index is 1.58. The molecule has 3 aliphatic carbocycles. The molecule has 3 fully saturated rings. The fourth-order valence-electron chi connectivity index (χ4n) is 7.31. The number of alkyl halides is 6. The highest BCUT2D eigenvalue weighted by atomic mass is 32.2. The van der Waals surface area contributed by atoms with Gasteiger partial charge in [-0.05, 0) is 74.2 Å². The lowest BCUT2D eigenvalue weighted by atomic mass is 9.47. The number of hydrogen-bond donors (Lipinski definition) is 0. The van der Waals surface area contributed by atoms with Crippen LogP contribution in [0, 0.1) is 28.6 Å². The van der Waals surface area contributed by atoms with Gasteiger partial charge in [0.15, 0.2) is 0 Å². The second-order valence-corrected chi connectivity index (χ2v) is 11.9. The highest BCUT2D eigenvalue weighted by molar-refractivity contribution is 7.87. The standard InChI is InChI=1S/C21H27F6NO4S/c1-18-9-3-11-28(17(29)20(22,23)24)15(18)6-4-12-13-5-7-16(19(13,2)10-8-14(12)18)32-33(30,31)21(25,26)27/h7,12-15H,3-6,8-11H2,1-2H3/t12-,13-,14-,15-,18+,19-/m0/s1. The molecule has 4 aliphatic rings. The van der Waals surface area contributed by atoms with Crippen LogP contribution in [0.4, 0.5) is 26.3 Å². The molecule has 1 aliphatic heterocycles. The van der Waals surface area contributed by atoms with Gasteiger partial charge in [0.25, 0.3) is 0 Å². The Morgan fingerprint density at radius 3 is 2.33 bits per heavy atom. The summed E-state index contributed by atoms with van der Waals surface area (Å²) >= 11 is 0. The maximum atomic E-state index is 13.2. The topological polar surface area (TPSA) is 63.7 Å². The summed E-state index contributed by atoms with van der Waals surface area (Å²) in [6.07, 6.45) is -0.245. The zero-order valence-electron chi connectivity index (χ0n) is 18.3. The molecule has 1 amide bonds. The number of halogens is 6. The fourth-order valence-corrected chi connectivity index (χ4v) is 7.90. The van der Waals surface area contributed by atoms with E-state index in [1.165, 1.54) is 6.08 Å². The van der Waals surface area contributed by atoms with Crippen LogP contribution in [0.1, 0.15) is 58.8 Å². The van der Waals surface area contributed by atoms with E-state index in [-0.39, 0.29) is 30.1 Å². The van der Waals surface area contributed by atoms with Gasteiger partial charge in [0.05, 0.1) is 0 Å². The molecule has 0 spiro atoms. The molecule has 12 heteroatoms. The number of piperidine rings is 1. The molecule has 4 rings (SSSR count). The minimum absolute atomic E-state index is 0.00289. The normalized spacial score (nSPS) is 39.3. The summed E-state index contributed by atoms with van der Waals surface area (Å²) < 4.78 is 106. The van der Waals surface area contributed by atoms with E-state index in [0.717, 1.165) is 4.90 Å². The van der Waals surface area contributed by atoms with E-state index in [2.05, 4.69) is 4.18 Å². The van der Waals surface area contributed by atoms with Gasteiger partial charge in [0.1, 0.15) is 5.76 Å². The van der Waals surface area contributed by atoms with Crippen molar-refractivity contribution in [2.24, 2.45) is 28.6 Å². The summed E-state index contributed by atoms with van der Waals surface area (Å²) in [4.78, 5) is 13.1. The smallest absolute Gasteiger partial charge is 0.380 e. The molecule has 33 heavy (non-hydrogen) atoms. The second-order valence-electron chi connectivity index (χ2n) is 10.3. The number of allylic oxidation sites excluding steroid dienone is 2. The molecule has 0 bridgehead atoms. The lowest BCUT2D eigenvalue weighted by Gasteiger charge is -2.61. The molecular formula is C21H27F6NO4S. The Hall–Kier alpha value is -1.46. The highest BCUT2D eigenvalue weighted by Gasteiger charge is 2.62. The van der Waals surface area contributed by atoms with E-state index in [4.69, 9.17) is 0 Å². The van der Waals surface area contributed by atoms with E-state index in [1.807, 2.05) is 6.92 Å². The van der Waals surface area contributed by atoms with Crippen molar-refractivity contribution in [1.29, 1.82) is 0 Å². The summed E-state index contributed by atoms with van der Waals surface area (Å²) in [6.45, 7) is 3.71. The first-order valence-corrected chi connectivity index (χ1v) is 12.5. The molecule has 0 N–H and O–H groups in total. The Morgan fingerprint density at radius 2 is 1.73 bits per heavy atom. The van der Waals surface area contributed by atoms with Gasteiger partial charge in [0, 0.05) is 18.0 Å². The van der Waals surface area contributed by atoms with Crippen LogP contribution in [0.2, 0.25) is 0 Å². The van der Waals surface area contributed by atoms with Crippen LogP contribution < -0.4 is 0 Å². The lowest BCUT2D eigenvalue weighted by molar-refractivity contribution is -0.200. The number of nitrogens with zero attached hydrogens (tertiary/aromatic N) is 1. The van der Waals surface area contributed by atoms with Crippen LogP contribution in [0.15, 0.2) is 11.8 Å². The van der Waals surface area contributed by atoms with Crippen LogP contribution in [0.5, 0.6) is 0 Å². The van der Waals surface area contributed by atoms with E-state index in [9.17, 15) is 39.6 Å². The summed E-state index contributed by atoms with van der Waals surface area (Å²) in [5.74, 6) is -2.18. The monoisotopic (exact) mass is 503 g/mol. The molecule has 188 valence electrons. The number of fused-ring (bicyclic) bond motifs is 5. The number of amides is 1. The molecule has 0 radical (unpaired) electrons. The predicted octanol–water partition coefficient (Wildman–Crippen LogP) is 5.14. The molecule has 2 saturated carbocycles. The van der Waals surface area contributed by atoms with Gasteiger partial charge >= 0.3 is 27.7 Å². The number of rotatable bonds is 2. The number of carbonyl (C=O) groups is 1. The maximum absolute atomic E-state index is 13.2. The Bertz CT molecular complexity index is 961. The van der Waals surface area contributed by atoms with E-state index < -0.39 is 44.6 Å². The molecule has 0 aromatic heterocycles. The maximum Gasteiger partial charge on any atom is 0.534 e. The van der Waals surface area contributed by atoms with Crippen LogP contribution in [-0.4, -0.2) is 43.5 Å². The van der Waals surface area contributed by atoms with E-state index in [0.29, 0.717) is 44.9 Å². The summed E-state index contributed by atoms with van der Waals surface area (Å²) in [5, 5.41) is 0. The first-order chi connectivity index (χ1) is 15.0. The average Bonchev–Trinajstić information content (AvgIpc) is 3.00. The summed E-state index contributed by atoms with van der Waals surface area (Å²) in [5.41, 5.74) is -6.95. The van der Waals surface area contributed by atoms with E-state index >= 15 is 0 Å². The minimum Gasteiger partial charge on any atom is -0.380 e. The largest absolute Gasteiger partial charge is 0.534 e. The first-order valence-electron chi connectivity index (χ1n) is 11.1. The Labute approximate surface area is 188 Å². The van der Waals surface area contributed by atoms with Crippen molar-refractivity contribution >= 4 is 16.0 Å². The van der Waals surface area contributed by atoms with Gasteiger partial charge in [-0.3, -0.25) is 4.79 Å².